The number of hydrogen-bond acceptors (Lipinski definition) is 11. The van der Waals surface area contributed by atoms with Gasteiger partial charge in [0.1, 0.15) is 5.60 Å². The van der Waals surface area contributed by atoms with Gasteiger partial charge in [0.25, 0.3) is 5.97 Å². The van der Waals surface area contributed by atoms with Crippen LogP contribution in [0.3, 0.4) is 0 Å². The molecule has 2 rings (SSSR count). The van der Waals surface area contributed by atoms with Crippen LogP contribution in [0.25, 0.3) is 0 Å². The van der Waals surface area contributed by atoms with Crippen molar-refractivity contribution in [3.05, 3.63) is 18.3 Å². The van der Waals surface area contributed by atoms with Crippen LogP contribution in [-0.4, -0.2) is 72.4 Å². The molecule has 0 bridgehead atoms. The van der Waals surface area contributed by atoms with Gasteiger partial charge in [0.15, 0.2) is 6.29 Å². The van der Waals surface area contributed by atoms with Crippen LogP contribution in [0, 0.1) is 6.42 Å². The number of carbonyl (C=O) groups excluding carboxylic acids is 3. The number of nitrogens with one attached hydrogen (secondary N) is 3. The number of alkyl carbamates (subject to hydrolysis) is 1. The number of hydrogen-bond donors (Lipinski definition) is 3. The van der Waals surface area contributed by atoms with Gasteiger partial charge in [0, 0.05) is 48.8 Å². The van der Waals surface area contributed by atoms with E-state index in [9.17, 15) is 14.4 Å². The fraction of sp³-hybridized carbons (Fsp3) is 0.684. The normalized spacial score (nSPS) is 24.7. The number of carbonyl (C=O) groups is 3. The summed E-state index contributed by atoms with van der Waals surface area (Å²) >= 11 is 5.74. The van der Waals surface area contributed by atoms with E-state index in [0.29, 0.717) is 5.70 Å². The van der Waals surface area contributed by atoms with Crippen LogP contribution in [0.2, 0.25) is 0 Å². The molecule has 4 atom stereocenters. The van der Waals surface area contributed by atoms with Gasteiger partial charge < -0.3 is 39.4 Å². The Morgan fingerprint density at radius 3 is 2.45 bits per heavy atom. The number of nitrogens with zero attached hydrogens (tertiary/aromatic N) is 1. The number of esters is 2. The molecular formula is C19H30ClCoN4O8-. The van der Waals surface area contributed by atoms with Gasteiger partial charge in [-0.1, -0.05) is 0 Å². The van der Waals surface area contributed by atoms with Gasteiger partial charge in [0.2, 0.25) is 6.29 Å². The molecule has 1 fully saturated rings. The van der Waals surface area contributed by atoms with Crippen LogP contribution < -0.4 is 16.3 Å². The van der Waals surface area contributed by atoms with E-state index in [-0.39, 0.29) is 35.8 Å². The zero-order valence-corrected chi connectivity index (χ0v) is 20.8. The maximum Gasteiger partial charge on any atom is 0.407 e. The molecular weight excluding hydrogens is 507 g/mol. The molecule has 1 saturated heterocycles. The van der Waals surface area contributed by atoms with E-state index in [2.05, 4.69) is 16.3 Å². The van der Waals surface area contributed by atoms with E-state index in [4.69, 9.17) is 35.3 Å². The van der Waals surface area contributed by atoms with Crippen molar-refractivity contribution in [1.29, 1.82) is 0 Å². The smallest absolute Gasteiger partial charge is 0.407 e. The largest absolute Gasteiger partial charge is 0.489 e. The molecule has 4 unspecified atom stereocenters. The molecule has 14 heteroatoms. The summed E-state index contributed by atoms with van der Waals surface area (Å²) in [7, 11) is 0. The Bertz CT molecular complexity index is 720. The third kappa shape index (κ3) is 9.94. The Hall–Kier alpha value is -1.77. The average molecular weight is 537 g/mol. The van der Waals surface area contributed by atoms with E-state index in [1.165, 1.54) is 13.8 Å². The third-order valence-corrected chi connectivity index (χ3v) is 4.08. The predicted octanol–water partition coefficient (Wildman–Crippen LogP) is 0.680. The van der Waals surface area contributed by atoms with E-state index in [1.54, 1.807) is 38.4 Å². The fourth-order valence-electron chi connectivity index (χ4n) is 2.83. The molecule has 0 saturated carbocycles. The molecule has 1 amide bonds. The number of amides is 1. The first kappa shape index (κ1) is 29.3. The molecule has 0 aromatic carbocycles. The van der Waals surface area contributed by atoms with Gasteiger partial charge in [-0.25, -0.2) is 4.79 Å². The molecule has 2 aliphatic rings. The maximum atomic E-state index is 11.9. The molecule has 12 nitrogen and oxygen atoms in total. The van der Waals surface area contributed by atoms with E-state index < -0.39 is 48.4 Å². The maximum absolute atomic E-state index is 11.9. The summed E-state index contributed by atoms with van der Waals surface area (Å²) in [5, 5.41) is 4.24. The molecule has 191 valence electrons. The van der Waals surface area contributed by atoms with Crippen LogP contribution in [-0.2, 0) is 50.1 Å². The summed E-state index contributed by atoms with van der Waals surface area (Å²) < 4.78 is 27.0. The molecule has 0 aromatic heterocycles. The molecule has 0 aromatic rings. The minimum absolute atomic E-state index is 0. The van der Waals surface area contributed by atoms with Crippen LogP contribution in [0.15, 0.2) is 11.9 Å². The second kappa shape index (κ2) is 13.2. The molecule has 1 radical (unpaired) electrons. The van der Waals surface area contributed by atoms with Crippen molar-refractivity contribution >= 4 is 29.6 Å². The molecule has 0 spiro atoms. The summed E-state index contributed by atoms with van der Waals surface area (Å²) in [5.74, 6) is -0.965. The molecule has 0 aliphatic carbocycles. The Balaban J connectivity index is 0.00000544. The SMILES string of the molecule is CC(=O)OC1[CH-]C(N2C=C(CNC(=O)OC(C)(C)C)NN2)C(OCCCl)OC1OC(C)=O.[Co]. The Morgan fingerprint density at radius 2 is 1.88 bits per heavy atom. The van der Waals surface area contributed by atoms with Gasteiger partial charge in [-0.15, -0.1) is 11.6 Å². The Kier molecular flexibility index (Phi) is 11.7. The van der Waals surface area contributed by atoms with Crippen molar-refractivity contribution in [1.82, 2.24) is 21.3 Å². The van der Waals surface area contributed by atoms with E-state index >= 15 is 0 Å². The minimum Gasteiger partial charge on any atom is -0.489 e. The van der Waals surface area contributed by atoms with Crippen molar-refractivity contribution in [2.24, 2.45) is 0 Å². The summed E-state index contributed by atoms with van der Waals surface area (Å²) in [6.07, 6.45) is -0.331. The fourth-order valence-corrected chi connectivity index (χ4v) is 2.92. The van der Waals surface area contributed by atoms with Gasteiger partial charge in [0.05, 0.1) is 18.8 Å². The topological polar surface area (TPSA) is 137 Å². The summed E-state index contributed by atoms with van der Waals surface area (Å²) in [4.78, 5) is 34.9. The second-order valence-electron chi connectivity index (χ2n) is 7.95. The third-order valence-electron chi connectivity index (χ3n) is 3.93. The van der Waals surface area contributed by atoms with Gasteiger partial charge in [-0.3, -0.25) is 16.0 Å². The van der Waals surface area contributed by atoms with Crippen LogP contribution in [0.1, 0.15) is 34.6 Å². The Labute approximate surface area is 208 Å². The van der Waals surface area contributed by atoms with Crippen LogP contribution in [0.5, 0.6) is 0 Å². The first-order chi connectivity index (χ1) is 15.0. The van der Waals surface area contributed by atoms with Gasteiger partial charge >= 0.3 is 12.1 Å². The Morgan fingerprint density at radius 1 is 1.21 bits per heavy atom. The minimum atomic E-state index is -1.18. The molecule has 2 aliphatic heterocycles. The van der Waals surface area contributed by atoms with Crippen LogP contribution >= 0.6 is 11.6 Å². The molecule has 2 heterocycles. The summed E-state index contributed by atoms with van der Waals surface area (Å²) in [6, 6.07) is -0.610. The monoisotopic (exact) mass is 536 g/mol. The number of ether oxygens (including phenoxy) is 5. The molecule has 33 heavy (non-hydrogen) atoms. The standard InChI is InChI=1S/C19H30ClN4O8.Co/c1-11(25)29-15-8-14(16(28-7-6-20)31-17(15)30-12(2)26)24-10-13(22-23-24)9-21-18(27)32-19(3,4)5;/h8,10,14-17,22-23H,6-7,9H2,1-5H3,(H,21,27);/q-1;. The first-order valence-electron chi connectivity index (χ1n) is 9.98. The number of hydrazine groups is 2. The number of halogens is 1. The quantitative estimate of drug-likeness (QED) is 0.175. The zero-order valence-electron chi connectivity index (χ0n) is 19.0. The van der Waals surface area contributed by atoms with Crippen molar-refractivity contribution in [2.75, 3.05) is 19.0 Å². The summed E-state index contributed by atoms with van der Waals surface area (Å²) in [5.41, 5.74) is 5.83. The predicted molar refractivity (Wildman–Crippen MR) is 111 cm³/mol. The van der Waals surface area contributed by atoms with Gasteiger partial charge in [-0.2, -0.15) is 5.53 Å². The molecule has 3 N–H and O–H groups in total. The second-order valence-corrected chi connectivity index (χ2v) is 8.33. The number of alkyl halides is 1. The van der Waals surface area contributed by atoms with Crippen LogP contribution in [0.4, 0.5) is 4.79 Å². The average Bonchev–Trinajstić information content (AvgIpc) is 3.13. The number of rotatable bonds is 8. The van der Waals surface area contributed by atoms with Gasteiger partial charge in [-0.05, 0) is 26.8 Å². The van der Waals surface area contributed by atoms with Crippen molar-refractivity contribution in [3.63, 3.8) is 0 Å². The van der Waals surface area contributed by atoms with Crippen molar-refractivity contribution in [3.8, 4) is 0 Å². The first-order valence-corrected chi connectivity index (χ1v) is 10.5. The van der Waals surface area contributed by atoms with E-state index in [0.717, 1.165) is 0 Å². The van der Waals surface area contributed by atoms with E-state index in [1.807, 2.05) is 0 Å². The summed E-state index contributed by atoms with van der Waals surface area (Å²) in [6.45, 7) is 8.08. The van der Waals surface area contributed by atoms with Crippen molar-refractivity contribution < 1.29 is 54.8 Å². The van der Waals surface area contributed by atoms with Crippen molar-refractivity contribution in [2.45, 2.75) is 64.9 Å². The zero-order chi connectivity index (χ0) is 23.9.